The number of carbonyl (C=O) groups excluding carboxylic acids is 1. The van der Waals surface area contributed by atoms with Crippen molar-refractivity contribution >= 4 is 13.1 Å². The molecule has 0 aliphatic rings. The van der Waals surface area contributed by atoms with Gasteiger partial charge in [0.1, 0.15) is 7.14 Å². The van der Waals surface area contributed by atoms with Crippen molar-refractivity contribution in [2.75, 3.05) is 25.6 Å². The number of rotatable bonds is 5. The molecule has 0 rings (SSSR count). The van der Waals surface area contributed by atoms with E-state index < -0.39 is 50.4 Å². The molecular formula is C8H11F6O3P. The molecule has 0 aliphatic heterocycles. The number of methoxy groups -OCH3 is 1. The molecule has 0 radical (unpaired) electrons. The molecule has 0 spiro atoms. The predicted molar refractivity (Wildman–Crippen MR) is 51.0 cm³/mol. The van der Waals surface area contributed by atoms with Crippen LogP contribution in [0.1, 0.15) is 6.42 Å². The van der Waals surface area contributed by atoms with Crippen LogP contribution in [-0.2, 0) is 14.1 Å². The molecule has 0 fully saturated rings. The fraction of sp³-hybridized carbons (Fsp3) is 0.875. The van der Waals surface area contributed by atoms with Crippen LogP contribution < -0.4 is 0 Å². The number of hydrogen-bond acceptors (Lipinski definition) is 3. The third-order valence-corrected chi connectivity index (χ3v) is 4.79. The summed E-state index contributed by atoms with van der Waals surface area (Å²) in [5.74, 6) is -1.00. The lowest BCUT2D eigenvalue weighted by Gasteiger charge is -2.20. The van der Waals surface area contributed by atoms with Crippen LogP contribution in [0.3, 0.4) is 0 Å². The van der Waals surface area contributed by atoms with Crippen LogP contribution in [0, 0.1) is 0 Å². The van der Waals surface area contributed by atoms with E-state index in [-0.39, 0.29) is 0 Å². The molecule has 0 heterocycles. The lowest BCUT2D eigenvalue weighted by molar-refractivity contribution is -0.140. The Labute approximate surface area is 98.9 Å². The van der Waals surface area contributed by atoms with Gasteiger partial charge in [0.2, 0.25) is 0 Å². The van der Waals surface area contributed by atoms with E-state index in [0.717, 1.165) is 7.11 Å². The monoisotopic (exact) mass is 300 g/mol. The quantitative estimate of drug-likeness (QED) is 0.445. The van der Waals surface area contributed by atoms with Gasteiger partial charge in [-0.25, -0.2) is 0 Å². The lowest BCUT2D eigenvalue weighted by Crippen LogP contribution is -2.24. The Hall–Kier alpha value is -0.720. The molecule has 0 aromatic rings. The minimum absolute atomic E-state index is 0.736. The van der Waals surface area contributed by atoms with Crippen molar-refractivity contribution in [3.05, 3.63) is 0 Å². The maximum atomic E-state index is 12.1. The molecule has 3 nitrogen and oxygen atoms in total. The standard InChI is InChI=1S/C8H11F6O3P/c1-17-6(15)2-3-18(16,4-7(9,10)11)5-8(12,13)14/h2-5H2,1H3. The van der Waals surface area contributed by atoms with Gasteiger partial charge >= 0.3 is 18.3 Å². The zero-order valence-electron chi connectivity index (χ0n) is 9.27. The molecule has 0 aliphatic carbocycles. The van der Waals surface area contributed by atoms with E-state index in [0.29, 0.717) is 0 Å². The molecule has 0 aromatic heterocycles. The van der Waals surface area contributed by atoms with Crippen LogP contribution in [0.5, 0.6) is 0 Å². The van der Waals surface area contributed by atoms with Gasteiger partial charge in [-0.05, 0) is 0 Å². The van der Waals surface area contributed by atoms with Crippen LogP contribution in [0.2, 0.25) is 0 Å². The van der Waals surface area contributed by atoms with Gasteiger partial charge in [-0.15, -0.1) is 0 Å². The first kappa shape index (κ1) is 17.3. The highest BCUT2D eigenvalue weighted by molar-refractivity contribution is 7.64. The Balaban J connectivity index is 4.82. The molecule has 0 unspecified atom stereocenters. The molecule has 0 N–H and O–H groups in total. The van der Waals surface area contributed by atoms with E-state index >= 15 is 0 Å². The van der Waals surface area contributed by atoms with Crippen LogP contribution in [0.15, 0.2) is 0 Å². The van der Waals surface area contributed by atoms with Crippen molar-refractivity contribution in [3.63, 3.8) is 0 Å². The second-order valence-electron chi connectivity index (χ2n) is 3.65. The maximum absolute atomic E-state index is 12.1. The Bertz CT molecular complexity index is 315. The minimum Gasteiger partial charge on any atom is -0.469 e. The third-order valence-electron chi connectivity index (χ3n) is 1.89. The van der Waals surface area contributed by atoms with Crippen molar-refractivity contribution in [3.8, 4) is 0 Å². The summed E-state index contributed by atoms with van der Waals surface area (Å²) in [6.07, 6.45) is -15.7. The molecule has 0 atom stereocenters. The number of hydrogen-bond donors (Lipinski definition) is 0. The summed E-state index contributed by atoms with van der Waals surface area (Å²) in [4.78, 5) is 10.7. The van der Waals surface area contributed by atoms with E-state index in [1.807, 2.05) is 0 Å². The third kappa shape index (κ3) is 8.38. The minimum atomic E-state index is -4.98. The van der Waals surface area contributed by atoms with E-state index in [2.05, 4.69) is 4.74 Å². The summed E-state index contributed by atoms with van der Waals surface area (Å²) >= 11 is 0. The molecule has 0 saturated heterocycles. The first-order chi connectivity index (χ1) is 7.87. The molecule has 0 bridgehead atoms. The number of esters is 1. The second-order valence-corrected chi connectivity index (χ2v) is 6.85. The molecule has 0 amide bonds. The molecular weight excluding hydrogens is 289 g/mol. The van der Waals surface area contributed by atoms with E-state index in [4.69, 9.17) is 0 Å². The zero-order valence-corrected chi connectivity index (χ0v) is 10.2. The van der Waals surface area contributed by atoms with Gasteiger partial charge in [0.15, 0.2) is 0 Å². The first-order valence-corrected chi connectivity index (χ1v) is 6.90. The SMILES string of the molecule is COC(=O)CCP(=O)(CC(F)(F)F)CC(F)(F)F. The molecule has 0 saturated carbocycles. The number of halogens is 6. The zero-order chi connectivity index (χ0) is 14.6. The smallest absolute Gasteiger partial charge is 0.395 e. The van der Waals surface area contributed by atoms with Crippen LogP contribution in [0.25, 0.3) is 0 Å². The number of ether oxygens (including phenoxy) is 1. The van der Waals surface area contributed by atoms with Gasteiger partial charge in [-0.2, -0.15) is 26.3 Å². The molecule has 10 heteroatoms. The fourth-order valence-corrected chi connectivity index (χ4v) is 3.59. The Morgan fingerprint density at radius 3 is 1.72 bits per heavy atom. The first-order valence-electron chi connectivity index (χ1n) is 4.64. The summed E-state index contributed by atoms with van der Waals surface area (Å²) in [7, 11) is -3.65. The van der Waals surface area contributed by atoms with Gasteiger partial charge in [0.25, 0.3) is 0 Å². The highest BCUT2D eigenvalue weighted by Crippen LogP contribution is 2.53. The van der Waals surface area contributed by atoms with Gasteiger partial charge in [-0.3, -0.25) is 4.79 Å². The Kier molecular flexibility index (Phi) is 5.71. The Morgan fingerprint density at radius 2 is 1.44 bits per heavy atom. The normalized spacial score (nSPS) is 13.5. The van der Waals surface area contributed by atoms with Crippen molar-refractivity contribution in [1.29, 1.82) is 0 Å². The van der Waals surface area contributed by atoms with Crippen LogP contribution in [0.4, 0.5) is 26.3 Å². The largest absolute Gasteiger partial charge is 0.469 e. The van der Waals surface area contributed by atoms with E-state index in [1.54, 1.807) is 0 Å². The summed E-state index contributed by atoms with van der Waals surface area (Å²) in [5.41, 5.74) is 0. The number of alkyl halides is 6. The van der Waals surface area contributed by atoms with Gasteiger partial charge in [0, 0.05) is 6.16 Å². The summed E-state index contributed by atoms with van der Waals surface area (Å²) in [6.45, 7) is 0. The topological polar surface area (TPSA) is 43.4 Å². The predicted octanol–water partition coefficient (Wildman–Crippen LogP) is 3.04. The average Bonchev–Trinajstić information content (AvgIpc) is 2.07. The Morgan fingerprint density at radius 1 is 1.06 bits per heavy atom. The van der Waals surface area contributed by atoms with Gasteiger partial charge in [-0.1, -0.05) is 0 Å². The maximum Gasteiger partial charge on any atom is 0.395 e. The average molecular weight is 300 g/mol. The fourth-order valence-electron chi connectivity index (χ4n) is 1.26. The highest BCUT2D eigenvalue weighted by Gasteiger charge is 2.45. The van der Waals surface area contributed by atoms with Gasteiger partial charge < -0.3 is 9.30 Å². The van der Waals surface area contributed by atoms with Crippen molar-refractivity contribution in [1.82, 2.24) is 0 Å². The highest BCUT2D eigenvalue weighted by atomic mass is 31.2. The summed E-state index contributed by atoms with van der Waals surface area (Å²) in [5, 5.41) is 0. The molecule has 108 valence electrons. The van der Waals surface area contributed by atoms with Crippen LogP contribution in [-0.4, -0.2) is 43.9 Å². The summed E-state index contributed by atoms with van der Waals surface area (Å²) in [6, 6.07) is 0. The lowest BCUT2D eigenvalue weighted by atomic mass is 10.5. The van der Waals surface area contributed by atoms with Crippen LogP contribution >= 0.6 is 7.14 Å². The van der Waals surface area contributed by atoms with Crippen molar-refractivity contribution in [2.24, 2.45) is 0 Å². The van der Waals surface area contributed by atoms with E-state index in [9.17, 15) is 35.7 Å². The van der Waals surface area contributed by atoms with E-state index in [1.165, 1.54) is 0 Å². The number of carbonyl (C=O) groups is 1. The molecule has 0 aromatic carbocycles. The second kappa shape index (κ2) is 5.95. The van der Waals surface area contributed by atoms with Gasteiger partial charge in [0.05, 0.1) is 25.9 Å². The molecule has 18 heavy (non-hydrogen) atoms. The van der Waals surface area contributed by atoms with Crippen molar-refractivity contribution in [2.45, 2.75) is 18.8 Å². The summed E-state index contributed by atoms with van der Waals surface area (Å²) < 4.78 is 88.2. The van der Waals surface area contributed by atoms with Crippen molar-refractivity contribution < 1.29 is 40.4 Å².